The largest absolute Gasteiger partial charge is 0.466 e. The molecule has 6 heteroatoms. The van der Waals surface area contributed by atoms with E-state index in [1.54, 1.807) is 6.92 Å². The lowest BCUT2D eigenvalue weighted by Crippen LogP contribution is -2.36. The Balaban J connectivity index is 1.87. The van der Waals surface area contributed by atoms with Crippen LogP contribution in [0.4, 0.5) is 4.79 Å². The van der Waals surface area contributed by atoms with Crippen LogP contribution < -0.4 is 5.32 Å². The molecule has 1 unspecified atom stereocenters. The normalized spacial score (nSPS) is 17.2. The first-order valence-electron chi connectivity index (χ1n) is 7.84. The van der Waals surface area contributed by atoms with E-state index in [4.69, 9.17) is 4.74 Å². The van der Waals surface area contributed by atoms with E-state index in [1.807, 2.05) is 42.5 Å². The summed E-state index contributed by atoms with van der Waals surface area (Å²) >= 11 is 0. The van der Waals surface area contributed by atoms with Crippen molar-refractivity contribution in [3.8, 4) is 0 Å². The number of ether oxygens (including phenoxy) is 1. The fourth-order valence-electron chi connectivity index (χ4n) is 2.92. The third-order valence-electron chi connectivity index (χ3n) is 4.06. The molecule has 0 saturated carbocycles. The van der Waals surface area contributed by atoms with Gasteiger partial charge in [0.1, 0.15) is 6.04 Å². The summed E-state index contributed by atoms with van der Waals surface area (Å²) in [5.41, 5.74) is 0.923. The zero-order chi connectivity index (χ0) is 17.1. The van der Waals surface area contributed by atoms with Crippen LogP contribution in [0, 0.1) is 0 Å². The topological polar surface area (TPSA) is 75.7 Å². The van der Waals surface area contributed by atoms with E-state index in [0.717, 1.165) is 16.3 Å². The van der Waals surface area contributed by atoms with Crippen molar-refractivity contribution in [3.63, 3.8) is 0 Å². The smallest absolute Gasteiger partial charge is 0.325 e. The predicted octanol–water partition coefficient (Wildman–Crippen LogP) is 2.21. The number of imide groups is 1. The van der Waals surface area contributed by atoms with E-state index in [-0.39, 0.29) is 19.6 Å². The molecule has 0 bridgehead atoms. The van der Waals surface area contributed by atoms with Gasteiger partial charge in [0.05, 0.1) is 13.0 Å². The highest BCUT2D eigenvalue weighted by atomic mass is 16.5. The van der Waals surface area contributed by atoms with E-state index in [2.05, 4.69) is 5.32 Å². The fourth-order valence-corrected chi connectivity index (χ4v) is 2.92. The van der Waals surface area contributed by atoms with Crippen LogP contribution in [0.3, 0.4) is 0 Å². The van der Waals surface area contributed by atoms with Gasteiger partial charge < -0.3 is 9.64 Å². The minimum absolute atomic E-state index is 0.143. The Bertz CT molecular complexity index is 797. The summed E-state index contributed by atoms with van der Waals surface area (Å²) in [6.45, 7) is 2.19. The number of esters is 1. The molecule has 0 aliphatic carbocycles. The SMILES string of the molecule is CCOC(=O)CC1C(=O)NC(=O)N1Cc1cccc2ccccc12. The molecule has 1 saturated heterocycles. The number of nitrogens with zero attached hydrogens (tertiary/aromatic N) is 1. The van der Waals surface area contributed by atoms with Gasteiger partial charge in [0.15, 0.2) is 0 Å². The summed E-state index contributed by atoms with van der Waals surface area (Å²) in [5, 5.41) is 4.35. The van der Waals surface area contributed by atoms with Gasteiger partial charge in [-0.1, -0.05) is 42.5 Å². The summed E-state index contributed by atoms with van der Waals surface area (Å²) in [4.78, 5) is 37.2. The monoisotopic (exact) mass is 326 g/mol. The number of rotatable bonds is 5. The summed E-state index contributed by atoms with van der Waals surface area (Å²) in [7, 11) is 0. The highest BCUT2D eigenvalue weighted by molar-refractivity contribution is 6.05. The molecular weight excluding hydrogens is 308 g/mol. The Morgan fingerprint density at radius 3 is 2.71 bits per heavy atom. The Morgan fingerprint density at radius 1 is 1.17 bits per heavy atom. The van der Waals surface area contributed by atoms with E-state index in [9.17, 15) is 14.4 Å². The van der Waals surface area contributed by atoms with Crippen LogP contribution in [0.2, 0.25) is 0 Å². The van der Waals surface area contributed by atoms with Gasteiger partial charge in [-0.25, -0.2) is 4.79 Å². The molecule has 24 heavy (non-hydrogen) atoms. The lowest BCUT2D eigenvalue weighted by molar-refractivity contribution is -0.145. The fraction of sp³-hybridized carbons (Fsp3) is 0.278. The average molecular weight is 326 g/mol. The molecule has 2 aromatic rings. The van der Waals surface area contributed by atoms with Crippen molar-refractivity contribution in [2.45, 2.75) is 25.9 Å². The Morgan fingerprint density at radius 2 is 1.92 bits per heavy atom. The van der Waals surface area contributed by atoms with Crippen molar-refractivity contribution in [1.82, 2.24) is 10.2 Å². The number of hydrogen-bond acceptors (Lipinski definition) is 4. The Hall–Kier alpha value is -2.89. The number of amides is 3. The number of carbonyl (C=O) groups excluding carboxylic acids is 3. The van der Waals surface area contributed by atoms with E-state index in [1.165, 1.54) is 4.90 Å². The number of hydrogen-bond donors (Lipinski definition) is 1. The molecule has 1 heterocycles. The number of fused-ring (bicyclic) bond motifs is 1. The molecule has 124 valence electrons. The molecule has 3 amide bonds. The molecule has 1 aliphatic heterocycles. The quantitative estimate of drug-likeness (QED) is 0.675. The summed E-state index contributed by atoms with van der Waals surface area (Å²) in [5.74, 6) is -0.955. The van der Waals surface area contributed by atoms with Crippen molar-refractivity contribution in [2.24, 2.45) is 0 Å². The van der Waals surface area contributed by atoms with Gasteiger partial charge in [-0.05, 0) is 23.3 Å². The van der Waals surface area contributed by atoms with E-state index in [0.29, 0.717) is 0 Å². The molecule has 1 fully saturated rings. The van der Waals surface area contributed by atoms with E-state index < -0.39 is 23.9 Å². The van der Waals surface area contributed by atoms with Gasteiger partial charge >= 0.3 is 12.0 Å². The lowest BCUT2D eigenvalue weighted by atomic mass is 10.0. The van der Waals surface area contributed by atoms with E-state index >= 15 is 0 Å². The number of nitrogens with one attached hydrogen (secondary N) is 1. The van der Waals surface area contributed by atoms with Gasteiger partial charge in [-0.15, -0.1) is 0 Å². The summed E-state index contributed by atoms with van der Waals surface area (Å²) < 4.78 is 4.90. The van der Waals surface area contributed by atoms with Gasteiger partial charge in [0.25, 0.3) is 5.91 Å². The standard InChI is InChI=1S/C18H18N2O4/c1-2-24-16(21)10-15-17(22)19-18(23)20(15)11-13-8-5-7-12-6-3-4-9-14(12)13/h3-9,15H,2,10-11H2,1H3,(H,19,22,23). The van der Waals surface area contributed by atoms with Crippen molar-refractivity contribution in [2.75, 3.05) is 6.61 Å². The first-order valence-corrected chi connectivity index (χ1v) is 7.84. The zero-order valence-electron chi connectivity index (χ0n) is 13.3. The maximum atomic E-state index is 12.1. The second-order valence-electron chi connectivity index (χ2n) is 5.59. The molecule has 1 N–H and O–H groups in total. The highest BCUT2D eigenvalue weighted by Gasteiger charge is 2.40. The maximum absolute atomic E-state index is 12.1. The third-order valence-corrected chi connectivity index (χ3v) is 4.06. The molecule has 0 aromatic heterocycles. The molecule has 1 aliphatic rings. The van der Waals surface area contributed by atoms with Gasteiger partial charge in [0.2, 0.25) is 0 Å². The Kier molecular flexibility index (Phi) is 4.46. The van der Waals surface area contributed by atoms with Crippen molar-refractivity contribution in [3.05, 3.63) is 48.0 Å². The molecule has 6 nitrogen and oxygen atoms in total. The predicted molar refractivity (Wildman–Crippen MR) is 88.1 cm³/mol. The van der Waals surface area contributed by atoms with Crippen LogP contribution in [0.5, 0.6) is 0 Å². The van der Waals surface area contributed by atoms with Gasteiger partial charge in [-0.3, -0.25) is 14.9 Å². The molecule has 2 aromatic carbocycles. The van der Waals surface area contributed by atoms with Gasteiger partial charge in [0, 0.05) is 6.54 Å². The summed E-state index contributed by atoms with van der Waals surface area (Å²) in [6.07, 6.45) is -0.143. The number of benzene rings is 2. The minimum Gasteiger partial charge on any atom is -0.466 e. The van der Waals surface area contributed by atoms with Crippen molar-refractivity contribution < 1.29 is 19.1 Å². The minimum atomic E-state index is -0.837. The Labute approximate surface area is 139 Å². The van der Waals surface area contributed by atoms with Crippen LogP contribution >= 0.6 is 0 Å². The lowest BCUT2D eigenvalue weighted by Gasteiger charge is -2.22. The molecule has 0 radical (unpaired) electrons. The second kappa shape index (κ2) is 6.70. The third kappa shape index (κ3) is 3.08. The molecule has 0 spiro atoms. The number of carbonyl (C=O) groups is 3. The van der Waals surface area contributed by atoms with Crippen LogP contribution in [0.15, 0.2) is 42.5 Å². The van der Waals surface area contributed by atoms with Crippen molar-refractivity contribution in [1.29, 1.82) is 0 Å². The molecule has 3 rings (SSSR count). The van der Waals surface area contributed by atoms with Crippen molar-refractivity contribution >= 4 is 28.7 Å². The van der Waals surface area contributed by atoms with Crippen LogP contribution in [-0.4, -0.2) is 35.5 Å². The maximum Gasteiger partial charge on any atom is 0.325 e. The molecular formula is C18H18N2O4. The number of urea groups is 1. The van der Waals surface area contributed by atoms with Crippen LogP contribution in [0.1, 0.15) is 18.9 Å². The second-order valence-corrected chi connectivity index (χ2v) is 5.59. The average Bonchev–Trinajstić information content (AvgIpc) is 2.82. The van der Waals surface area contributed by atoms with Crippen LogP contribution in [-0.2, 0) is 20.9 Å². The first kappa shape index (κ1) is 16.0. The van der Waals surface area contributed by atoms with Gasteiger partial charge in [-0.2, -0.15) is 0 Å². The highest BCUT2D eigenvalue weighted by Crippen LogP contribution is 2.23. The zero-order valence-corrected chi connectivity index (χ0v) is 13.3. The summed E-state index contributed by atoms with van der Waals surface area (Å²) in [6, 6.07) is 12.3. The van der Waals surface area contributed by atoms with Crippen LogP contribution in [0.25, 0.3) is 10.8 Å². The first-order chi connectivity index (χ1) is 11.6. The molecule has 1 atom stereocenters.